The number of piperazine rings is 1. The van der Waals surface area contributed by atoms with Crippen molar-refractivity contribution in [1.82, 2.24) is 9.88 Å². The maximum Gasteiger partial charge on any atom is 0.322 e. The predicted octanol–water partition coefficient (Wildman–Crippen LogP) is 3.93. The molecule has 1 aromatic carbocycles. The van der Waals surface area contributed by atoms with E-state index in [1.807, 2.05) is 17.9 Å². The van der Waals surface area contributed by atoms with E-state index in [0.29, 0.717) is 24.7 Å². The number of nitrogens with zero attached hydrogens (tertiary/aromatic N) is 3. The molecule has 0 saturated carbocycles. The van der Waals surface area contributed by atoms with E-state index in [1.165, 1.54) is 16.8 Å². The van der Waals surface area contributed by atoms with Gasteiger partial charge in [0.15, 0.2) is 0 Å². The molecule has 0 aliphatic carbocycles. The highest BCUT2D eigenvalue weighted by molar-refractivity contribution is 5.91. The Hall–Kier alpha value is -2.76. The Morgan fingerprint density at radius 3 is 2.29 bits per heavy atom. The van der Waals surface area contributed by atoms with Gasteiger partial charge in [0, 0.05) is 37.6 Å². The van der Waals surface area contributed by atoms with E-state index < -0.39 is 0 Å². The summed E-state index contributed by atoms with van der Waals surface area (Å²) in [7, 11) is 1.58. The fourth-order valence-electron chi connectivity index (χ4n) is 3.72. The quantitative estimate of drug-likeness (QED) is 0.870. The maximum atomic E-state index is 12.8. The molecule has 150 valence electrons. The number of benzene rings is 1. The molecule has 1 aliphatic heterocycles. The van der Waals surface area contributed by atoms with Crippen LogP contribution in [0.1, 0.15) is 29.3 Å². The van der Waals surface area contributed by atoms with E-state index in [1.54, 1.807) is 7.11 Å². The van der Waals surface area contributed by atoms with E-state index in [2.05, 4.69) is 54.2 Å². The van der Waals surface area contributed by atoms with Gasteiger partial charge in [0.2, 0.25) is 5.88 Å². The van der Waals surface area contributed by atoms with Gasteiger partial charge in [-0.15, -0.1) is 0 Å². The molecule has 0 radical (unpaired) electrons. The molecule has 1 saturated heterocycles. The lowest BCUT2D eigenvalue weighted by molar-refractivity contribution is 0.208. The van der Waals surface area contributed by atoms with Gasteiger partial charge in [-0.05, 0) is 62.1 Å². The van der Waals surface area contributed by atoms with Crippen LogP contribution in [0.15, 0.2) is 24.3 Å². The summed E-state index contributed by atoms with van der Waals surface area (Å²) in [6.45, 7) is 11.3. The Kier molecular flexibility index (Phi) is 6.07. The predicted molar refractivity (Wildman–Crippen MR) is 114 cm³/mol. The lowest BCUT2D eigenvalue weighted by atomic mass is 10.1. The van der Waals surface area contributed by atoms with Crippen LogP contribution in [-0.4, -0.2) is 49.2 Å². The normalized spacial score (nSPS) is 14.2. The number of hydrogen-bond donors (Lipinski definition) is 1. The highest BCUT2D eigenvalue weighted by Crippen LogP contribution is 2.26. The van der Waals surface area contributed by atoms with E-state index >= 15 is 0 Å². The van der Waals surface area contributed by atoms with Crippen molar-refractivity contribution in [1.29, 1.82) is 0 Å². The SMILES string of the molecule is CCc1cc(NC(=O)N2CCN(c3cc(C)cc(C)c3)CC2)c(OC)nc1C. The summed E-state index contributed by atoms with van der Waals surface area (Å²) in [5, 5.41) is 2.99. The maximum absolute atomic E-state index is 12.8. The molecule has 1 fully saturated rings. The Balaban J connectivity index is 1.66. The van der Waals surface area contributed by atoms with E-state index in [0.717, 1.165) is 30.8 Å². The number of hydrogen-bond acceptors (Lipinski definition) is 4. The second-order valence-electron chi connectivity index (χ2n) is 7.39. The molecule has 0 atom stereocenters. The highest BCUT2D eigenvalue weighted by Gasteiger charge is 2.23. The third-order valence-corrected chi connectivity index (χ3v) is 5.24. The highest BCUT2D eigenvalue weighted by atomic mass is 16.5. The van der Waals surface area contributed by atoms with Gasteiger partial charge in [0.1, 0.15) is 5.69 Å². The molecule has 1 aromatic heterocycles. The average Bonchev–Trinajstić information content (AvgIpc) is 2.68. The summed E-state index contributed by atoms with van der Waals surface area (Å²) in [5.41, 5.74) is 6.43. The van der Waals surface area contributed by atoms with Gasteiger partial charge < -0.3 is 19.9 Å². The minimum atomic E-state index is -0.105. The van der Waals surface area contributed by atoms with Crippen molar-refractivity contribution in [2.75, 3.05) is 43.5 Å². The smallest absolute Gasteiger partial charge is 0.322 e. The number of nitrogens with one attached hydrogen (secondary N) is 1. The molecular weight excluding hydrogens is 352 g/mol. The number of urea groups is 1. The number of methoxy groups -OCH3 is 1. The van der Waals surface area contributed by atoms with Crippen LogP contribution in [0.3, 0.4) is 0 Å². The van der Waals surface area contributed by atoms with Crippen LogP contribution in [0.25, 0.3) is 0 Å². The summed E-state index contributed by atoms with van der Waals surface area (Å²) < 4.78 is 5.36. The van der Waals surface area contributed by atoms with Crippen LogP contribution < -0.4 is 15.0 Å². The van der Waals surface area contributed by atoms with Crippen molar-refractivity contribution in [2.45, 2.75) is 34.1 Å². The Bertz CT molecular complexity index is 838. The van der Waals surface area contributed by atoms with Crippen molar-refractivity contribution in [3.63, 3.8) is 0 Å². The number of aromatic nitrogens is 1. The minimum Gasteiger partial charge on any atom is -0.480 e. The number of amides is 2. The zero-order valence-electron chi connectivity index (χ0n) is 17.5. The van der Waals surface area contributed by atoms with E-state index in [9.17, 15) is 4.79 Å². The van der Waals surface area contributed by atoms with Crippen LogP contribution in [0.2, 0.25) is 0 Å². The third-order valence-electron chi connectivity index (χ3n) is 5.24. The number of rotatable bonds is 4. The number of ether oxygens (including phenoxy) is 1. The Labute approximate surface area is 167 Å². The van der Waals surface area contributed by atoms with Gasteiger partial charge in [0.05, 0.1) is 7.11 Å². The van der Waals surface area contributed by atoms with Gasteiger partial charge in [-0.2, -0.15) is 0 Å². The first-order chi connectivity index (χ1) is 13.4. The van der Waals surface area contributed by atoms with Crippen molar-refractivity contribution >= 4 is 17.4 Å². The molecular formula is C22H30N4O2. The van der Waals surface area contributed by atoms with Gasteiger partial charge in [-0.1, -0.05) is 13.0 Å². The van der Waals surface area contributed by atoms with Gasteiger partial charge in [-0.3, -0.25) is 0 Å². The number of anilines is 2. The molecule has 28 heavy (non-hydrogen) atoms. The third kappa shape index (κ3) is 4.38. The first-order valence-electron chi connectivity index (χ1n) is 9.85. The average molecular weight is 383 g/mol. The molecule has 3 rings (SSSR count). The van der Waals surface area contributed by atoms with Crippen LogP contribution in [0.4, 0.5) is 16.2 Å². The summed E-state index contributed by atoms with van der Waals surface area (Å²) in [6, 6.07) is 8.45. The number of carbonyl (C=O) groups excluding carboxylic acids is 1. The van der Waals surface area contributed by atoms with Crippen molar-refractivity contribution in [3.05, 3.63) is 46.6 Å². The topological polar surface area (TPSA) is 57.7 Å². The molecule has 6 heteroatoms. The van der Waals surface area contributed by atoms with Gasteiger partial charge in [-0.25, -0.2) is 9.78 Å². The number of pyridine rings is 1. The van der Waals surface area contributed by atoms with E-state index in [-0.39, 0.29) is 6.03 Å². The summed E-state index contributed by atoms with van der Waals surface area (Å²) in [5.74, 6) is 0.455. The Morgan fingerprint density at radius 1 is 1.07 bits per heavy atom. The minimum absolute atomic E-state index is 0.105. The number of aryl methyl sites for hydroxylation is 4. The largest absolute Gasteiger partial charge is 0.480 e. The summed E-state index contributed by atoms with van der Waals surface area (Å²) >= 11 is 0. The van der Waals surface area contributed by atoms with Crippen LogP contribution in [0, 0.1) is 20.8 Å². The number of carbonyl (C=O) groups is 1. The molecule has 0 unspecified atom stereocenters. The fourth-order valence-corrected chi connectivity index (χ4v) is 3.72. The lowest BCUT2D eigenvalue weighted by Gasteiger charge is -2.36. The summed E-state index contributed by atoms with van der Waals surface area (Å²) in [4.78, 5) is 21.4. The molecule has 1 aliphatic rings. The fraction of sp³-hybridized carbons (Fsp3) is 0.455. The molecule has 0 spiro atoms. The zero-order valence-corrected chi connectivity index (χ0v) is 17.5. The van der Waals surface area contributed by atoms with Gasteiger partial charge >= 0.3 is 6.03 Å². The zero-order chi connectivity index (χ0) is 20.3. The second-order valence-corrected chi connectivity index (χ2v) is 7.39. The Morgan fingerprint density at radius 2 is 1.71 bits per heavy atom. The monoisotopic (exact) mass is 382 g/mol. The van der Waals surface area contributed by atoms with Crippen LogP contribution in [-0.2, 0) is 6.42 Å². The molecule has 1 N–H and O–H groups in total. The molecule has 2 heterocycles. The van der Waals surface area contributed by atoms with E-state index in [4.69, 9.17) is 4.74 Å². The molecule has 6 nitrogen and oxygen atoms in total. The molecule has 2 amide bonds. The standard InChI is InChI=1S/C22H30N4O2/c1-6-18-14-20(21(28-5)23-17(18)4)24-22(27)26-9-7-25(8-10-26)19-12-15(2)11-16(3)13-19/h11-14H,6-10H2,1-5H3,(H,24,27). The van der Waals surface area contributed by atoms with Crippen LogP contribution in [0.5, 0.6) is 5.88 Å². The lowest BCUT2D eigenvalue weighted by Crippen LogP contribution is -2.50. The first-order valence-corrected chi connectivity index (χ1v) is 9.85. The second kappa shape index (κ2) is 8.50. The molecule has 2 aromatic rings. The summed E-state index contributed by atoms with van der Waals surface area (Å²) in [6.07, 6.45) is 0.861. The van der Waals surface area contributed by atoms with Gasteiger partial charge in [0.25, 0.3) is 0 Å². The van der Waals surface area contributed by atoms with Crippen molar-refractivity contribution in [2.24, 2.45) is 0 Å². The van der Waals surface area contributed by atoms with Crippen molar-refractivity contribution in [3.8, 4) is 5.88 Å². The molecule has 0 bridgehead atoms. The van der Waals surface area contributed by atoms with Crippen LogP contribution >= 0.6 is 0 Å². The van der Waals surface area contributed by atoms with Crippen molar-refractivity contribution < 1.29 is 9.53 Å². The first kappa shape index (κ1) is 20.0.